The quantitative estimate of drug-likeness (QED) is 0.831. The highest BCUT2D eigenvalue weighted by Gasteiger charge is 2.23. The highest BCUT2D eigenvalue weighted by atomic mass is 16.5. The molecule has 0 spiro atoms. The van der Waals surface area contributed by atoms with Crippen molar-refractivity contribution in [2.75, 3.05) is 7.11 Å². The molecule has 1 atom stereocenters. The van der Waals surface area contributed by atoms with Crippen LogP contribution < -0.4 is 5.32 Å². The van der Waals surface area contributed by atoms with Crippen molar-refractivity contribution < 1.29 is 14.3 Å². The van der Waals surface area contributed by atoms with Gasteiger partial charge in [0.05, 0.1) is 18.7 Å². The fraction of sp³-hybridized carbons (Fsp3) is 0.400. The zero-order chi connectivity index (χ0) is 15.1. The van der Waals surface area contributed by atoms with Crippen LogP contribution in [0.1, 0.15) is 36.2 Å². The lowest BCUT2D eigenvalue weighted by Crippen LogP contribution is -2.42. The van der Waals surface area contributed by atoms with E-state index in [2.05, 4.69) is 10.1 Å². The van der Waals surface area contributed by atoms with E-state index in [0.717, 1.165) is 0 Å². The first-order chi connectivity index (χ1) is 9.47. The van der Waals surface area contributed by atoms with Gasteiger partial charge in [0.15, 0.2) is 0 Å². The van der Waals surface area contributed by atoms with Crippen LogP contribution in [-0.4, -0.2) is 25.0 Å². The van der Waals surface area contributed by atoms with Crippen molar-refractivity contribution in [2.24, 2.45) is 5.92 Å². The van der Waals surface area contributed by atoms with Gasteiger partial charge in [0.25, 0.3) is 5.91 Å². The van der Waals surface area contributed by atoms with Gasteiger partial charge in [-0.05, 0) is 30.5 Å². The Morgan fingerprint density at radius 3 is 2.65 bits per heavy atom. The van der Waals surface area contributed by atoms with E-state index in [1.54, 1.807) is 18.2 Å². The number of amides is 1. The first-order valence-corrected chi connectivity index (χ1v) is 6.36. The van der Waals surface area contributed by atoms with Crippen molar-refractivity contribution in [1.29, 1.82) is 5.26 Å². The summed E-state index contributed by atoms with van der Waals surface area (Å²) >= 11 is 0. The minimum atomic E-state index is -0.682. The first-order valence-electron chi connectivity index (χ1n) is 6.36. The molecule has 0 aromatic heterocycles. The third kappa shape index (κ3) is 4.39. The second-order valence-electron chi connectivity index (χ2n) is 4.87. The molecule has 0 saturated heterocycles. The van der Waals surface area contributed by atoms with E-state index >= 15 is 0 Å². The third-order valence-electron chi connectivity index (χ3n) is 2.75. The largest absolute Gasteiger partial charge is 0.467 e. The first kappa shape index (κ1) is 15.7. The molecule has 0 aliphatic carbocycles. The molecule has 1 N–H and O–H groups in total. The summed E-state index contributed by atoms with van der Waals surface area (Å²) in [7, 11) is 1.29. The fourth-order valence-corrected chi connectivity index (χ4v) is 1.80. The second-order valence-corrected chi connectivity index (χ2v) is 4.87. The van der Waals surface area contributed by atoms with Crippen molar-refractivity contribution in [3.63, 3.8) is 0 Å². The number of carbonyl (C=O) groups excluding carboxylic acids is 2. The molecule has 20 heavy (non-hydrogen) atoms. The molecular weight excluding hydrogens is 256 g/mol. The molecule has 1 aromatic carbocycles. The number of methoxy groups -OCH3 is 1. The molecule has 0 aliphatic heterocycles. The average molecular weight is 274 g/mol. The summed E-state index contributed by atoms with van der Waals surface area (Å²) in [5, 5.41) is 11.5. The standard InChI is InChI=1S/C15H18N2O3/c1-10(2)7-13(15(19)20-3)17-14(18)12-6-4-5-11(8-12)9-16/h4-6,8,10,13H,7H2,1-3H3,(H,17,18). The van der Waals surface area contributed by atoms with Crippen molar-refractivity contribution in [1.82, 2.24) is 5.32 Å². The van der Waals surface area contributed by atoms with Crippen LogP contribution in [-0.2, 0) is 9.53 Å². The van der Waals surface area contributed by atoms with Gasteiger partial charge in [0.2, 0.25) is 0 Å². The number of esters is 1. The van der Waals surface area contributed by atoms with Crippen molar-refractivity contribution in [2.45, 2.75) is 26.3 Å². The maximum atomic E-state index is 12.1. The van der Waals surface area contributed by atoms with Crippen LogP contribution in [0.2, 0.25) is 0 Å². The fourth-order valence-electron chi connectivity index (χ4n) is 1.80. The number of hydrogen-bond acceptors (Lipinski definition) is 4. The van der Waals surface area contributed by atoms with Crippen LogP contribution in [0.5, 0.6) is 0 Å². The Labute approximate surface area is 118 Å². The van der Waals surface area contributed by atoms with E-state index in [-0.39, 0.29) is 5.92 Å². The molecule has 1 aromatic rings. The Morgan fingerprint density at radius 1 is 1.40 bits per heavy atom. The molecule has 0 saturated carbocycles. The van der Waals surface area contributed by atoms with Gasteiger partial charge in [-0.25, -0.2) is 4.79 Å². The lowest BCUT2D eigenvalue weighted by Gasteiger charge is -2.18. The van der Waals surface area contributed by atoms with E-state index in [0.29, 0.717) is 17.5 Å². The lowest BCUT2D eigenvalue weighted by atomic mass is 10.0. The van der Waals surface area contributed by atoms with E-state index in [4.69, 9.17) is 5.26 Å². The van der Waals surface area contributed by atoms with E-state index in [1.807, 2.05) is 19.9 Å². The molecular formula is C15H18N2O3. The average Bonchev–Trinajstić information content (AvgIpc) is 2.45. The van der Waals surface area contributed by atoms with Gasteiger partial charge in [-0.15, -0.1) is 0 Å². The van der Waals surface area contributed by atoms with Crippen LogP contribution >= 0.6 is 0 Å². The molecule has 5 nitrogen and oxygen atoms in total. The Kier molecular flexibility index (Phi) is 5.73. The molecule has 1 amide bonds. The Morgan fingerprint density at radius 2 is 2.10 bits per heavy atom. The third-order valence-corrected chi connectivity index (χ3v) is 2.75. The van der Waals surface area contributed by atoms with Gasteiger partial charge in [-0.1, -0.05) is 19.9 Å². The molecule has 5 heteroatoms. The topological polar surface area (TPSA) is 79.2 Å². The van der Waals surface area contributed by atoms with E-state index in [1.165, 1.54) is 13.2 Å². The Bertz CT molecular complexity index is 532. The Hall–Kier alpha value is -2.35. The summed E-state index contributed by atoms with van der Waals surface area (Å²) < 4.78 is 4.69. The zero-order valence-electron chi connectivity index (χ0n) is 11.8. The number of nitrogens with zero attached hydrogens (tertiary/aromatic N) is 1. The van der Waals surface area contributed by atoms with Gasteiger partial charge < -0.3 is 10.1 Å². The van der Waals surface area contributed by atoms with E-state index in [9.17, 15) is 9.59 Å². The van der Waals surface area contributed by atoms with Gasteiger partial charge in [-0.3, -0.25) is 4.79 Å². The number of benzene rings is 1. The van der Waals surface area contributed by atoms with Gasteiger partial charge in [0.1, 0.15) is 6.04 Å². The number of ether oxygens (including phenoxy) is 1. The highest BCUT2D eigenvalue weighted by Crippen LogP contribution is 2.09. The van der Waals surface area contributed by atoms with Gasteiger partial charge in [-0.2, -0.15) is 5.26 Å². The van der Waals surface area contributed by atoms with Crippen LogP contribution in [0.3, 0.4) is 0 Å². The van der Waals surface area contributed by atoms with Gasteiger partial charge >= 0.3 is 5.97 Å². The number of carbonyl (C=O) groups is 2. The molecule has 0 radical (unpaired) electrons. The summed E-state index contributed by atoms with van der Waals surface area (Å²) in [5.74, 6) is -0.619. The monoisotopic (exact) mass is 274 g/mol. The van der Waals surface area contributed by atoms with Crippen molar-refractivity contribution in [3.05, 3.63) is 35.4 Å². The number of nitriles is 1. The molecule has 0 heterocycles. The maximum absolute atomic E-state index is 12.1. The minimum absolute atomic E-state index is 0.241. The number of nitrogens with one attached hydrogen (secondary N) is 1. The van der Waals surface area contributed by atoms with Crippen LogP contribution in [0, 0.1) is 17.2 Å². The number of hydrogen-bond donors (Lipinski definition) is 1. The SMILES string of the molecule is COC(=O)C(CC(C)C)NC(=O)c1cccc(C#N)c1. The van der Waals surface area contributed by atoms with E-state index < -0.39 is 17.9 Å². The molecule has 0 aliphatic rings. The molecule has 1 unspecified atom stereocenters. The van der Waals surface area contributed by atoms with Crippen LogP contribution in [0.25, 0.3) is 0 Å². The van der Waals surface area contributed by atoms with Crippen molar-refractivity contribution >= 4 is 11.9 Å². The normalized spacial score (nSPS) is 11.6. The summed E-state index contributed by atoms with van der Waals surface area (Å²) in [6, 6.07) is 7.61. The maximum Gasteiger partial charge on any atom is 0.328 e. The molecule has 0 fully saturated rings. The summed E-state index contributed by atoms with van der Waals surface area (Å²) in [6.07, 6.45) is 0.496. The van der Waals surface area contributed by atoms with Crippen molar-refractivity contribution in [3.8, 4) is 6.07 Å². The molecule has 106 valence electrons. The van der Waals surface area contributed by atoms with Crippen LogP contribution in [0.4, 0.5) is 0 Å². The zero-order valence-corrected chi connectivity index (χ0v) is 11.8. The number of rotatable bonds is 5. The van der Waals surface area contributed by atoms with Crippen LogP contribution in [0.15, 0.2) is 24.3 Å². The predicted octanol–water partition coefficient (Wildman–Crippen LogP) is 1.88. The second kappa shape index (κ2) is 7.29. The minimum Gasteiger partial charge on any atom is -0.467 e. The summed E-state index contributed by atoms with van der Waals surface area (Å²) in [4.78, 5) is 23.7. The summed E-state index contributed by atoms with van der Waals surface area (Å²) in [5.41, 5.74) is 0.748. The summed E-state index contributed by atoms with van der Waals surface area (Å²) in [6.45, 7) is 3.91. The van der Waals surface area contributed by atoms with Gasteiger partial charge in [0, 0.05) is 5.56 Å². The highest BCUT2D eigenvalue weighted by molar-refractivity contribution is 5.97. The Balaban J connectivity index is 2.84. The predicted molar refractivity (Wildman–Crippen MR) is 73.9 cm³/mol. The molecule has 1 rings (SSSR count). The lowest BCUT2D eigenvalue weighted by molar-refractivity contribution is -0.143. The smallest absolute Gasteiger partial charge is 0.328 e. The molecule has 0 bridgehead atoms.